The van der Waals surface area contributed by atoms with Crippen LogP contribution in [0, 0.1) is 11.8 Å². The summed E-state index contributed by atoms with van der Waals surface area (Å²) in [4.78, 5) is 31.9. The maximum absolute atomic E-state index is 16.6. The average Bonchev–Trinajstić information content (AvgIpc) is 3.89. The fourth-order valence-electron chi connectivity index (χ4n) is 12.4. The molecule has 1 saturated carbocycles. The number of allylic oxidation sites excluding steroid dienone is 2. The molecule has 0 saturated heterocycles. The van der Waals surface area contributed by atoms with E-state index in [-0.39, 0.29) is 40.1 Å². The van der Waals surface area contributed by atoms with Gasteiger partial charge in [-0.15, -0.1) is 11.8 Å². The number of rotatable bonds is 11. The van der Waals surface area contributed by atoms with Crippen LogP contribution in [0.4, 0.5) is 26.3 Å². The number of alkyl halides is 6. The van der Waals surface area contributed by atoms with Crippen molar-refractivity contribution in [3.8, 4) is 11.8 Å². The SMILES string of the molecule is CCCCCCC(CCCCCC)N1C(=O)c2ccc3c4cccc5c(C#CC67Sc8ccccc8C6=C6C(=C8c9ccccc9SC87C)C(F)(F)C(F)(F)C6(F)F)ccc(c6ccc(c2c36)C1=O)c54. The first-order valence-electron chi connectivity index (χ1n) is 24.4. The molecule has 0 spiro atoms. The molecule has 0 aromatic heterocycles. The van der Waals surface area contributed by atoms with Gasteiger partial charge in [-0.3, -0.25) is 14.5 Å². The zero-order chi connectivity index (χ0) is 48.7. The van der Waals surface area contributed by atoms with Crippen molar-refractivity contribution in [1.82, 2.24) is 4.90 Å². The number of carbonyl (C=O) groups is 2. The van der Waals surface area contributed by atoms with Crippen molar-refractivity contribution in [1.29, 1.82) is 0 Å². The minimum absolute atomic E-state index is 0.183. The molecule has 1 fully saturated rings. The molecule has 7 aromatic rings. The number of imide groups is 1. The largest absolute Gasteiger partial charge is 0.380 e. The number of nitrogens with zero attached hydrogens (tertiary/aromatic N) is 1. The molecule has 12 rings (SSSR count). The van der Waals surface area contributed by atoms with Crippen LogP contribution in [-0.4, -0.2) is 50.0 Å². The summed E-state index contributed by atoms with van der Waals surface area (Å²) in [6, 6.07) is 30.2. The lowest BCUT2D eigenvalue weighted by Gasteiger charge is -2.46. The third-order valence-electron chi connectivity index (χ3n) is 15.8. The van der Waals surface area contributed by atoms with Crippen molar-refractivity contribution < 1.29 is 35.9 Å². The van der Waals surface area contributed by atoms with Crippen LogP contribution in [0.1, 0.15) is 122 Å². The van der Waals surface area contributed by atoms with Crippen LogP contribution in [0.5, 0.6) is 0 Å². The molecule has 0 N–H and O–H groups in total. The van der Waals surface area contributed by atoms with Gasteiger partial charge in [0.15, 0.2) is 0 Å². The molecule has 2 aliphatic carbocycles. The molecule has 0 bridgehead atoms. The van der Waals surface area contributed by atoms with Crippen LogP contribution < -0.4 is 0 Å². The highest BCUT2D eigenvalue weighted by molar-refractivity contribution is 8.06. The Labute approximate surface area is 410 Å². The summed E-state index contributed by atoms with van der Waals surface area (Å²) < 4.78 is 94.5. The Balaban J connectivity index is 1.03. The van der Waals surface area contributed by atoms with E-state index in [0.717, 1.165) is 114 Å². The predicted octanol–water partition coefficient (Wildman–Crippen LogP) is 16.5. The lowest BCUT2D eigenvalue weighted by Crippen LogP contribution is -2.48. The van der Waals surface area contributed by atoms with Crippen LogP contribution >= 0.6 is 23.5 Å². The molecule has 7 aromatic carbocycles. The van der Waals surface area contributed by atoms with Gasteiger partial charge < -0.3 is 0 Å². The first-order chi connectivity index (χ1) is 33.6. The van der Waals surface area contributed by atoms with E-state index < -0.39 is 38.4 Å². The first kappa shape index (κ1) is 45.4. The van der Waals surface area contributed by atoms with E-state index >= 15 is 26.3 Å². The van der Waals surface area contributed by atoms with Crippen molar-refractivity contribution >= 4 is 89.6 Å². The van der Waals surface area contributed by atoms with Crippen molar-refractivity contribution in [3.63, 3.8) is 0 Å². The summed E-state index contributed by atoms with van der Waals surface area (Å²) >= 11 is 2.35. The van der Waals surface area contributed by atoms with Crippen LogP contribution in [-0.2, 0) is 0 Å². The molecule has 70 heavy (non-hydrogen) atoms. The molecule has 354 valence electrons. The van der Waals surface area contributed by atoms with E-state index in [9.17, 15) is 9.59 Å². The number of amides is 2. The molecule has 3 nitrogen and oxygen atoms in total. The van der Waals surface area contributed by atoms with Crippen molar-refractivity contribution in [3.05, 3.63) is 142 Å². The Hall–Kier alpha value is -5.70. The second-order valence-electron chi connectivity index (χ2n) is 19.7. The number of hydrogen-bond acceptors (Lipinski definition) is 4. The van der Waals surface area contributed by atoms with Crippen LogP contribution in [0.3, 0.4) is 0 Å². The second-order valence-corrected chi connectivity index (χ2v) is 22.4. The molecule has 3 aliphatic heterocycles. The third kappa shape index (κ3) is 5.84. The zero-order valence-electron chi connectivity index (χ0n) is 38.8. The smallest absolute Gasteiger partial charge is 0.271 e. The molecular formula is C59H47F6NO2S2. The Kier molecular flexibility index (Phi) is 10.3. The third-order valence-corrected chi connectivity index (χ3v) is 19.0. The Morgan fingerprint density at radius 3 is 1.64 bits per heavy atom. The predicted molar refractivity (Wildman–Crippen MR) is 271 cm³/mol. The van der Waals surface area contributed by atoms with Gasteiger partial charge in [0.2, 0.25) is 0 Å². The van der Waals surface area contributed by atoms with Gasteiger partial charge in [0.05, 0.1) is 4.75 Å². The minimum Gasteiger partial charge on any atom is -0.271 e. The normalized spacial score (nSPS) is 22.3. The van der Waals surface area contributed by atoms with Gasteiger partial charge in [0.1, 0.15) is 4.75 Å². The number of fused-ring (bicyclic) bond motifs is 10. The number of unbranched alkanes of at least 4 members (excludes halogenated alkanes) is 6. The highest BCUT2D eigenvalue weighted by Crippen LogP contribution is 2.78. The minimum atomic E-state index is -5.71. The van der Waals surface area contributed by atoms with E-state index in [2.05, 4.69) is 25.7 Å². The number of thioether (sulfide) groups is 2. The van der Waals surface area contributed by atoms with Crippen LogP contribution in [0.2, 0.25) is 0 Å². The van der Waals surface area contributed by atoms with E-state index in [1.54, 1.807) is 54.3 Å². The monoisotopic (exact) mass is 979 g/mol. The molecule has 5 aliphatic rings. The fourth-order valence-corrected chi connectivity index (χ4v) is 15.6. The van der Waals surface area contributed by atoms with Gasteiger partial charge >= 0.3 is 17.8 Å². The van der Waals surface area contributed by atoms with Crippen LogP contribution in [0.15, 0.2) is 124 Å². The molecule has 0 radical (unpaired) electrons. The van der Waals surface area contributed by atoms with E-state index in [1.165, 1.54) is 17.8 Å². The fraction of sp³-hybridized carbons (Fsp3) is 0.322. The molecule has 11 heteroatoms. The maximum atomic E-state index is 16.6. The van der Waals surface area contributed by atoms with Gasteiger partial charge in [0.25, 0.3) is 11.8 Å². The Bertz CT molecular complexity index is 3480. The summed E-state index contributed by atoms with van der Waals surface area (Å²) in [5.74, 6) is -9.87. The summed E-state index contributed by atoms with van der Waals surface area (Å²) in [5.41, 5.74) is -1.26. The van der Waals surface area contributed by atoms with E-state index in [0.29, 0.717) is 31.9 Å². The molecule has 2 amide bonds. The lowest BCUT2D eigenvalue weighted by atomic mass is 9.67. The molecular weight excluding hydrogens is 933 g/mol. The summed E-state index contributed by atoms with van der Waals surface area (Å²) in [7, 11) is 0. The Morgan fingerprint density at radius 2 is 1.03 bits per heavy atom. The van der Waals surface area contributed by atoms with Crippen LogP contribution in [0.25, 0.3) is 54.2 Å². The highest BCUT2D eigenvalue weighted by atomic mass is 32.2. The van der Waals surface area contributed by atoms with Gasteiger partial charge in [-0.1, -0.05) is 162 Å². The summed E-state index contributed by atoms with van der Waals surface area (Å²) in [5, 5.41) is 6.49. The standard InChI is InChI=1S/C59H47F6NO2S2/c1-4-6-8-10-17-34(18-11-9-7-5-2)66-53(67)42-29-27-38-36-22-16-21-35-33(25-26-37(46(35)36)39-28-30-43(54(66)68)48(42)47(38)39)31-32-56-50(41-20-13-15-24-45(41)70-56)52-51(57(60,61)59(64,65)58(52,62)63)49-40-19-12-14-23-44(40)69-55(49,56)3/h12-16,19-30,34H,4-11,17-18H2,1-3H3. The average molecular weight is 980 g/mol. The number of hydrogen-bond donors (Lipinski definition) is 0. The summed E-state index contributed by atoms with van der Waals surface area (Å²) in [6.45, 7) is 6.02. The maximum Gasteiger partial charge on any atom is 0.380 e. The van der Waals surface area contributed by atoms with Crippen molar-refractivity contribution in [2.45, 2.75) is 128 Å². The Morgan fingerprint density at radius 1 is 0.514 bits per heavy atom. The lowest BCUT2D eigenvalue weighted by molar-refractivity contribution is -0.257. The number of halogens is 6. The van der Waals surface area contributed by atoms with Crippen molar-refractivity contribution in [2.24, 2.45) is 0 Å². The highest BCUT2D eigenvalue weighted by Gasteiger charge is 2.85. The van der Waals surface area contributed by atoms with Gasteiger partial charge in [-0.05, 0) is 105 Å². The number of benzene rings is 7. The first-order valence-corrected chi connectivity index (χ1v) is 26.1. The van der Waals surface area contributed by atoms with E-state index in [1.807, 2.05) is 54.6 Å². The quantitative estimate of drug-likeness (QED) is 0.0323. The molecule has 2 atom stereocenters. The zero-order valence-corrected chi connectivity index (χ0v) is 40.4. The van der Waals surface area contributed by atoms with Gasteiger partial charge in [-0.2, -0.15) is 26.3 Å². The van der Waals surface area contributed by atoms with Gasteiger partial charge in [-0.25, -0.2) is 0 Å². The van der Waals surface area contributed by atoms with E-state index in [4.69, 9.17) is 0 Å². The second kappa shape index (κ2) is 15.9. The van der Waals surface area contributed by atoms with Gasteiger partial charge in [0, 0.05) is 54.6 Å². The number of carbonyl (C=O) groups excluding carboxylic acids is 2. The van der Waals surface area contributed by atoms with Crippen molar-refractivity contribution in [2.75, 3.05) is 0 Å². The molecule has 3 heterocycles. The molecule has 2 unspecified atom stereocenters. The topological polar surface area (TPSA) is 37.4 Å². The summed E-state index contributed by atoms with van der Waals surface area (Å²) in [6.07, 6.45) is 9.94.